The highest BCUT2D eigenvalue weighted by atomic mass is 16.1. The Morgan fingerprint density at radius 1 is 1.19 bits per heavy atom. The van der Waals surface area contributed by atoms with Crippen molar-refractivity contribution in [2.45, 2.75) is 0 Å². The second kappa shape index (κ2) is 4.44. The number of hydrogen-bond donors (Lipinski definition) is 0. The molecule has 0 unspecified atom stereocenters. The van der Waals surface area contributed by atoms with Crippen molar-refractivity contribution in [2.24, 2.45) is 0 Å². The van der Waals surface area contributed by atoms with Crippen molar-refractivity contribution in [1.29, 1.82) is 0 Å². The number of ketones is 1. The van der Waals surface area contributed by atoms with Gasteiger partial charge in [0.15, 0.2) is 0 Å². The summed E-state index contributed by atoms with van der Waals surface area (Å²) in [5.41, 5.74) is 0.666. The molecule has 2 aromatic rings. The molecule has 2 heterocycles. The average molecular weight is 211 g/mol. The van der Waals surface area contributed by atoms with Gasteiger partial charge >= 0.3 is 0 Å². The lowest BCUT2D eigenvalue weighted by Gasteiger charge is -2.01. The first-order chi connectivity index (χ1) is 7.83. The van der Waals surface area contributed by atoms with E-state index in [1.807, 2.05) is 0 Å². The molecule has 0 amide bonds. The Morgan fingerprint density at radius 2 is 2.00 bits per heavy atom. The van der Waals surface area contributed by atoms with Gasteiger partial charge in [-0.05, 0) is 24.3 Å². The number of aromatic nitrogens is 2. The van der Waals surface area contributed by atoms with Gasteiger partial charge in [-0.2, -0.15) is 0 Å². The molecule has 0 aromatic carbocycles. The molecule has 77 valence electrons. The Labute approximate surface area is 92.0 Å². The summed E-state index contributed by atoms with van der Waals surface area (Å²) in [6.07, 6.45) is 6.16. The van der Waals surface area contributed by atoms with Gasteiger partial charge in [0.25, 0.3) is 0 Å². The molecule has 0 atom stereocenters. The molecule has 0 bridgehead atoms. The van der Waals surface area contributed by atoms with Crippen molar-refractivity contribution in [3.05, 3.63) is 59.7 Å². The van der Waals surface area contributed by atoms with Crippen LogP contribution < -0.4 is 0 Å². The van der Waals surface area contributed by atoms with E-state index in [9.17, 15) is 9.59 Å². The van der Waals surface area contributed by atoms with E-state index in [-0.39, 0.29) is 17.0 Å². The third-order valence-electron chi connectivity index (χ3n) is 2.06. The molecule has 0 aliphatic rings. The molecule has 4 heteroatoms. The standard InChI is InChI=1S/C12H7N2O2/c15-8-10-4-2-6-14-11(10)12(16)9-3-1-5-13-7-9/h1-7H. The van der Waals surface area contributed by atoms with Crippen LogP contribution in [0.25, 0.3) is 0 Å². The van der Waals surface area contributed by atoms with Gasteiger partial charge in [-0.15, -0.1) is 0 Å². The minimum Gasteiger partial charge on any atom is -0.287 e. The third-order valence-corrected chi connectivity index (χ3v) is 2.06. The van der Waals surface area contributed by atoms with Crippen molar-refractivity contribution < 1.29 is 9.59 Å². The minimum atomic E-state index is -0.327. The fourth-order valence-electron chi connectivity index (χ4n) is 1.30. The first-order valence-corrected chi connectivity index (χ1v) is 4.61. The maximum Gasteiger partial charge on any atom is 0.235 e. The van der Waals surface area contributed by atoms with Crippen LogP contribution in [0.3, 0.4) is 0 Å². The predicted octanol–water partition coefficient (Wildman–Crippen LogP) is 1.17. The summed E-state index contributed by atoms with van der Waals surface area (Å²) in [5.74, 6) is -0.327. The van der Waals surface area contributed by atoms with E-state index < -0.39 is 0 Å². The summed E-state index contributed by atoms with van der Waals surface area (Å²) in [4.78, 5) is 30.3. The van der Waals surface area contributed by atoms with Crippen molar-refractivity contribution in [1.82, 2.24) is 9.97 Å². The Hall–Kier alpha value is -2.36. The number of hydrogen-bond acceptors (Lipinski definition) is 4. The molecular weight excluding hydrogens is 204 g/mol. The summed E-state index contributed by atoms with van der Waals surface area (Å²) in [5, 5.41) is 0. The van der Waals surface area contributed by atoms with Crippen LogP contribution in [0.2, 0.25) is 0 Å². The largest absolute Gasteiger partial charge is 0.287 e. The molecule has 1 radical (unpaired) electrons. The van der Waals surface area contributed by atoms with Gasteiger partial charge < -0.3 is 0 Å². The van der Waals surface area contributed by atoms with Gasteiger partial charge in [-0.1, -0.05) is 0 Å². The monoisotopic (exact) mass is 211 g/mol. The SMILES string of the molecule is O=[C]c1cccnc1C(=O)c1cccnc1. The predicted molar refractivity (Wildman–Crippen MR) is 56.7 cm³/mol. The van der Waals surface area contributed by atoms with Crippen LogP contribution in [0, 0.1) is 0 Å². The fourth-order valence-corrected chi connectivity index (χ4v) is 1.30. The summed E-state index contributed by atoms with van der Waals surface area (Å²) in [6, 6.07) is 6.36. The molecule has 0 saturated carbocycles. The van der Waals surface area contributed by atoms with Gasteiger partial charge in [0.05, 0.1) is 5.56 Å². The second-order valence-corrected chi connectivity index (χ2v) is 3.07. The Bertz CT molecular complexity index is 524. The Balaban J connectivity index is 2.46. The number of carbonyl (C=O) groups is 1. The van der Waals surface area contributed by atoms with Gasteiger partial charge in [0.2, 0.25) is 12.1 Å². The normalized spacial score (nSPS) is 9.75. The maximum absolute atomic E-state index is 11.9. The zero-order chi connectivity index (χ0) is 11.4. The molecule has 4 nitrogen and oxygen atoms in total. The topological polar surface area (TPSA) is 59.9 Å². The first-order valence-electron chi connectivity index (χ1n) is 4.61. The zero-order valence-electron chi connectivity index (χ0n) is 8.25. The highest BCUT2D eigenvalue weighted by molar-refractivity contribution is 6.11. The Morgan fingerprint density at radius 3 is 2.69 bits per heavy atom. The van der Waals surface area contributed by atoms with Crippen LogP contribution >= 0.6 is 0 Å². The maximum atomic E-state index is 11.9. The number of nitrogens with zero attached hydrogens (tertiary/aromatic N) is 2. The molecule has 0 aliphatic heterocycles. The number of rotatable bonds is 3. The van der Waals surface area contributed by atoms with Crippen LogP contribution in [0.5, 0.6) is 0 Å². The van der Waals surface area contributed by atoms with Crippen LogP contribution in [-0.2, 0) is 4.79 Å². The molecular formula is C12H7N2O2. The van der Waals surface area contributed by atoms with E-state index in [0.29, 0.717) is 5.56 Å². The summed E-state index contributed by atoms with van der Waals surface area (Å²) < 4.78 is 0. The molecule has 0 N–H and O–H groups in total. The van der Waals surface area contributed by atoms with Crippen LogP contribution in [0.4, 0.5) is 0 Å². The summed E-state index contributed by atoms with van der Waals surface area (Å²) in [7, 11) is 0. The second-order valence-electron chi connectivity index (χ2n) is 3.07. The molecule has 16 heavy (non-hydrogen) atoms. The van der Waals surface area contributed by atoms with Gasteiger partial charge in [-0.3, -0.25) is 19.6 Å². The molecule has 0 spiro atoms. The van der Waals surface area contributed by atoms with E-state index in [1.54, 1.807) is 30.7 Å². The number of carbonyl (C=O) groups excluding carboxylic acids is 2. The first kappa shape index (κ1) is 10.2. The highest BCUT2D eigenvalue weighted by Gasteiger charge is 2.14. The Kier molecular flexibility index (Phi) is 2.82. The molecule has 0 aliphatic carbocycles. The van der Waals surface area contributed by atoms with Gasteiger partial charge in [-0.25, -0.2) is 0 Å². The molecule has 2 aromatic heterocycles. The van der Waals surface area contributed by atoms with Crippen LogP contribution in [0.15, 0.2) is 42.9 Å². The summed E-state index contributed by atoms with van der Waals surface area (Å²) in [6.45, 7) is 0. The highest BCUT2D eigenvalue weighted by Crippen LogP contribution is 2.09. The third kappa shape index (κ3) is 1.86. The van der Waals surface area contributed by atoms with Gasteiger partial charge in [0.1, 0.15) is 5.69 Å². The van der Waals surface area contributed by atoms with Crippen molar-refractivity contribution >= 4 is 12.1 Å². The van der Waals surface area contributed by atoms with E-state index in [1.165, 1.54) is 18.5 Å². The quantitative estimate of drug-likeness (QED) is 0.715. The lowest BCUT2D eigenvalue weighted by molar-refractivity contribution is 0.103. The van der Waals surface area contributed by atoms with Crippen molar-refractivity contribution in [3.8, 4) is 0 Å². The lowest BCUT2D eigenvalue weighted by atomic mass is 10.1. The smallest absolute Gasteiger partial charge is 0.235 e. The van der Waals surface area contributed by atoms with Crippen molar-refractivity contribution in [3.63, 3.8) is 0 Å². The van der Waals surface area contributed by atoms with Crippen molar-refractivity contribution in [2.75, 3.05) is 0 Å². The minimum absolute atomic E-state index is 0.102. The van der Waals surface area contributed by atoms with E-state index in [0.717, 1.165) is 0 Å². The van der Waals surface area contributed by atoms with Crippen LogP contribution in [0.1, 0.15) is 21.6 Å². The average Bonchev–Trinajstić information content (AvgIpc) is 2.39. The van der Waals surface area contributed by atoms with E-state index in [2.05, 4.69) is 9.97 Å². The molecule has 0 fully saturated rings. The summed E-state index contributed by atoms with van der Waals surface area (Å²) >= 11 is 0. The van der Waals surface area contributed by atoms with Crippen LogP contribution in [-0.4, -0.2) is 22.0 Å². The van der Waals surface area contributed by atoms with Gasteiger partial charge in [0, 0.05) is 24.2 Å². The zero-order valence-corrected chi connectivity index (χ0v) is 8.25. The number of pyridine rings is 2. The molecule has 0 saturated heterocycles. The fraction of sp³-hybridized carbons (Fsp3) is 0. The molecule has 2 rings (SSSR count). The van der Waals surface area contributed by atoms with E-state index >= 15 is 0 Å². The van der Waals surface area contributed by atoms with E-state index in [4.69, 9.17) is 0 Å². The lowest BCUT2D eigenvalue weighted by Crippen LogP contribution is -2.07.